The number of hydrogen-bond donors (Lipinski definition) is 1. The van der Waals surface area contributed by atoms with Crippen LogP contribution in [0, 0.1) is 10.1 Å². The summed E-state index contributed by atoms with van der Waals surface area (Å²) in [6.45, 7) is 0.393. The van der Waals surface area contributed by atoms with Crippen LogP contribution in [0.15, 0.2) is 70.8 Å². The number of halogens is 1. The number of hydrogen-bond acceptors (Lipinski definition) is 6. The van der Waals surface area contributed by atoms with Gasteiger partial charge in [-0.1, -0.05) is 53.7 Å². The second-order valence-electron chi connectivity index (χ2n) is 5.03. The molecule has 3 aromatic rings. The Morgan fingerprint density at radius 1 is 1.08 bits per heavy atom. The Morgan fingerprint density at radius 3 is 2.48 bits per heavy atom. The smallest absolute Gasteiger partial charge is 0.343 e. The van der Waals surface area contributed by atoms with Crippen molar-refractivity contribution in [3.05, 3.63) is 81.6 Å². The molecule has 1 aromatic heterocycles. The second kappa shape index (κ2) is 7.96. The predicted molar refractivity (Wildman–Crippen MR) is 98.0 cm³/mol. The molecule has 0 spiro atoms. The largest absolute Gasteiger partial charge is 0.360 e. The van der Waals surface area contributed by atoms with Gasteiger partial charge in [0.2, 0.25) is 5.82 Å². The highest BCUT2D eigenvalue weighted by Crippen LogP contribution is 2.36. The fourth-order valence-corrected chi connectivity index (χ4v) is 3.13. The van der Waals surface area contributed by atoms with Gasteiger partial charge in [-0.15, -0.1) is 0 Å². The summed E-state index contributed by atoms with van der Waals surface area (Å²) in [5.74, 6) is 0.188. The monoisotopic (exact) mass is 372 g/mol. The minimum absolute atomic E-state index is 0.134. The molecule has 126 valence electrons. The maximum atomic E-state index is 11.5. The van der Waals surface area contributed by atoms with Gasteiger partial charge in [0.25, 0.3) is 0 Å². The van der Waals surface area contributed by atoms with Crippen LogP contribution in [-0.4, -0.2) is 14.9 Å². The van der Waals surface area contributed by atoms with E-state index >= 15 is 0 Å². The van der Waals surface area contributed by atoms with E-state index < -0.39 is 4.92 Å². The Labute approximate surface area is 153 Å². The highest BCUT2D eigenvalue weighted by molar-refractivity contribution is 7.99. The van der Waals surface area contributed by atoms with E-state index in [0.29, 0.717) is 16.6 Å². The molecule has 6 nitrogen and oxygen atoms in total. The highest BCUT2D eigenvalue weighted by atomic mass is 35.5. The maximum absolute atomic E-state index is 11.5. The molecular weight excluding hydrogens is 360 g/mol. The van der Waals surface area contributed by atoms with Crippen LogP contribution in [0.25, 0.3) is 0 Å². The van der Waals surface area contributed by atoms with Crippen molar-refractivity contribution in [2.75, 3.05) is 5.32 Å². The second-order valence-corrected chi connectivity index (χ2v) is 6.53. The molecule has 0 amide bonds. The third kappa shape index (κ3) is 4.46. The highest BCUT2D eigenvalue weighted by Gasteiger charge is 2.23. The van der Waals surface area contributed by atoms with Crippen molar-refractivity contribution < 1.29 is 4.92 Å². The van der Waals surface area contributed by atoms with Crippen LogP contribution in [0.1, 0.15) is 5.56 Å². The van der Waals surface area contributed by atoms with Crippen LogP contribution in [-0.2, 0) is 6.54 Å². The maximum Gasteiger partial charge on any atom is 0.343 e. The van der Waals surface area contributed by atoms with Crippen molar-refractivity contribution in [3.63, 3.8) is 0 Å². The van der Waals surface area contributed by atoms with E-state index in [1.807, 2.05) is 42.5 Å². The molecule has 0 saturated heterocycles. The van der Waals surface area contributed by atoms with Gasteiger partial charge in [0.1, 0.15) is 6.33 Å². The molecule has 0 bridgehead atoms. The van der Waals surface area contributed by atoms with E-state index in [0.717, 1.165) is 10.5 Å². The Hall–Kier alpha value is -2.64. The lowest BCUT2D eigenvalue weighted by molar-refractivity contribution is -0.387. The van der Waals surface area contributed by atoms with Gasteiger partial charge in [-0.25, -0.2) is 9.97 Å². The van der Waals surface area contributed by atoms with Crippen LogP contribution in [0.5, 0.6) is 0 Å². The number of nitrogens with zero attached hydrogens (tertiary/aromatic N) is 3. The number of anilines is 1. The average molecular weight is 373 g/mol. The summed E-state index contributed by atoms with van der Waals surface area (Å²) in [6.07, 6.45) is 1.32. The quantitative estimate of drug-likeness (QED) is 0.380. The molecule has 1 heterocycles. The van der Waals surface area contributed by atoms with Crippen LogP contribution in [0.4, 0.5) is 11.5 Å². The summed E-state index contributed by atoms with van der Waals surface area (Å²) in [5, 5.41) is 15.5. The van der Waals surface area contributed by atoms with Gasteiger partial charge >= 0.3 is 5.69 Å². The Balaban J connectivity index is 1.84. The summed E-state index contributed by atoms with van der Waals surface area (Å²) in [4.78, 5) is 20.1. The molecule has 0 radical (unpaired) electrons. The van der Waals surface area contributed by atoms with Crippen molar-refractivity contribution in [3.8, 4) is 0 Å². The number of rotatable bonds is 6. The van der Waals surface area contributed by atoms with Crippen molar-refractivity contribution in [1.29, 1.82) is 0 Å². The molecule has 2 aromatic carbocycles. The van der Waals surface area contributed by atoms with E-state index in [2.05, 4.69) is 15.3 Å². The zero-order valence-corrected chi connectivity index (χ0v) is 14.5. The van der Waals surface area contributed by atoms with Crippen LogP contribution in [0.2, 0.25) is 5.02 Å². The molecular formula is C17H13ClN4O2S. The van der Waals surface area contributed by atoms with Gasteiger partial charge in [-0.3, -0.25) is 10.1 Å². The van der Waals surface area contributed by atoms with Gasteiger partial charge in [0, 0.05) is 16.5 Å². The SMILES string of the molecule is O=[N+]([O-])c1c(NCc2ccc(Cl)cc2)ncnc1Sc1ccccc1. The molecule has 25 heavy (non-hydrogen) atoms. The van der Waals surface area contributed by atoms with E-state index in [1.54, 1.807) is 12.1 Å². The molecule has 0 aliphatic rings. The van der Waals surface area contributed by atoms with Gasteiger partial charge in [0.15, 0.2) is 5.03 Å². The summed E-state index contributed by atoms with van der Waals surface area (Å²) in [5.41, 5.74) is 0.805. The van der Waals surface area contributed by atoms with Gasteiger partial charge in [-0.2, -0.15) is 0 Å². The molecule has 0 aliphatic heterocycles. The lowest BCUT2D eigenvalue weighted by atomic mass is 10.2. The molecule has 0 saturated carbocycles. The van der Waals surface area contributed by atoms with Crippen molar-refractivity contribution in [2.24, 2.45) is 0 Å². The van der Waals surface area contributed by atoms with Crippen LogP contribution >= 0.6 is 23.4 Å². The van der Waals surface area contributed by atoms with Crippen molar-refractivity contribution in [1.82, 2.24) is 9.97 Å². The van der Waals surface area contributed by atoms with Crippen LogP contribution in [0.3, 0.4) is 0 Å². The molecule has 0 fully saturated rings. The lowest BCUT2D eigenvalue weighted by Crippen LogP contribution is -2.06. The Bertz CT molecular complexity index is 876. The first-order valence-electron chi connectivity index (χ1n) is 7.34. The minimum atomic E-state index is -0.463. The summed E-state index contributed by atoms with van der Waals surface area (Å²) >= 11 is 7.09. The fraction of sp³-hybridized carbons (Fsp3) is 0.0588. The molecule has 8 heteroatoms. The number of benzene rings is 2. The van der Waals surface area contributed by atoms with Crippen molar-refractivity contribution >= 4 is 34.9 Å². The van der Waals surface area contributed by atoms with Gasteiger partial charge in [0.05, 0.1) is 4.92 Å². The van der Waals surface area contributed by atoms with E-state index in [1.165, 1.54) is 18.1 Å². The van der Waals surface area contributed by atoms with E-state index in [9.17, 15) is 10.1 Å². The number of nitrogens with one attached hydrogen (secondary N) is 1. The first-order chi connectivity index (χ1) is 12.1. The molecule has 0 atom stereocenters. The first kappa shape index (κ1) is 17.2. The van der Waals surface area contributed by atoms with Crippen molar-refractivity contribution in [2.45, 2.75) is 16.5 Å². The summed E-state index contributed by atoms with van der Waals surface area (Å²) in [7, 11) is 0. The average Bonchev–Trinajstić information content (AvgIpc) is 2.62. The topological polar surface area (TPSA) is 81.0 Å². The fourth-order valence-electron chi connectivity index (χ4n) is 2.12. The third-order valence-electron chi connectivity index (χ3n) is 3.30. The van der Waals surface area contributed by atoms with Gasteiger partial charge in [-0.05, 0) is 29.8 Å². The van der Waals surface area contributed by atoms with E-state index in [-0.39, 0.29) is 11.5 Å². The van der Waals surface area contributed by atoms with Gasteiger partial charge < -0.3 is 5.32 Å². The lowest BCUT2D eigenvalue weighted by Gasteiger charge is -2.08. The first-order valence-corrected chi connectivity index (χ1v) is 8.53. The molecule has 0 aliphatic carbocycles. The van der Waals surface area contributed by atoms with E-state index in [4.69, 9.17) is 11.6 Å². The normalized spacial score (nSPS) is 10.4. The Kier molecular flexibility index (Phi) is 5.47. The molecule has 0 unspecified atom stereocenters. The zero-order chi connectivity index (χ0) is 17.6. The number of aromatic nitrogens is 2. The Morgan fingerprint density at radius 2 is 1.80 bits per heavy atom. The predicted octanol–water partition coefficient (Wildman–Crippen LogP) is 4.80. The minimum Gasteiger partial charge on any atom is -0.360 e. The molecule has 3 rings (SSSR count). The number of nitro groups is 1. The van der Waals surface area contributed by atoms with Crippen LogP contribution < -0.4 is 5.32 Å². The standard InChI is InChI=1S/C17H13ClN4O2S/c18-13-8-6-12(7-9-13)10-19-16-15(22(23)24)17(21-11-20-16)25-14-4-2-1-3-5-14/h1-9,11H,10H2,(H,19,20,21). The summed E-state index contributed by atoms with van der Waals surface area (Å²) < 4.78 is 0. The molecule has 1 N–H and O–H groups in total. The third-order valence-corrected chi connectivity index (χ3v) is 4.55. The summed E-state index contributed by atoms with van der Waals surface area (Å²) in [6, 6.07) is 16.6. The zero-order valence-electron chi connectivity index (χ0n) is 12.9.